The molecule has 2 aromatic rings. The Kier molecular flexibility index (Phi) is 4.55. The summed E-state index contributed by atoms with van der Waals surface area (Å²) in [5, 5.41) is 2.95. The molecule has 0 atom stereocenters. The molecule has 1 aromatic heterocycles. The molecule has 5 heteroatoms. The van der Waals surface area contributed by atoms with Crippen molar-refractivity contribution in [2.45, 2.75) is 12.4 Å². The Hall–Kier alpha value is -1.13. The van der Waals surface area contributed by atoms with E-state index in [1.165, 1.54) is 6.07 Å². The van der Waals surface area contributed by atoms with Crippen LogP contribution in [0.25, 0.3) is 0 Å². The van der Waals surface area contributed by atoms with Crippen LogP contribution >= 0.6 is 27.5 Å². The van der Waals surface area contributed by atoms with Crippen LogP contribution in [0.1, 0.15) is 11.1 Å². The van der Waals surface area contributed by atoms with Crippen LogP contribution in [0.3, 0.4) is 0 Å². The molecular weight excluding hydrogens is 319 g/mol. The van der Waals surface area contributed by atoms with Gasteiger partial charge in [0.25, 0.3) is 0 Å². The lowest BCUT2D eigenvalue weighted by molar-refractivity contribution is 0.623. The van der Waals surface area contributed by atoms with Crippen molar-refractivity contribution in [1.82, 2.24) is 4.98 Å². The molecule has 2 rings (SSSR count). The molecule has 0 fully saturated rings. The maximum absolute atomic E-state index is 13.5. The summed E-state index contributed by atoms with van der Waals surface area (Å²) in [5.74, 6) is 0.373. The molecule has 0 saturated carbocycles. The van der Waals surface area contributed by atoms with Gasteiger partial charge in [-0.15, -0.1) is 11.6 Å². The van der Waals surface area contributed by atoms with Crippen LogP contribution in [0.5, 0.6) is 0 Å². The molecule has 0 bridgehead atoms. The van der Waals surface area contributed by atoms with Crippen molar-refractivity contribution < 1.29 is 4.39 Å². The van der Waals surface area contributed by atoms with Gasteiger partial charge in [0.15, 0.2) is 11.6 Å². The minimum Gasteiger partial charge on any atom is -0.364 e. The Bertz CT molecular complexity index is 531. The van der Waals surface area contributed by atoms with Crippen LogP contribution < -0.4 is 5.32 Å². The summed E-state index contributed by atoms with van der Waals surface area (Å²) in [5.41, 5.74) is 2.11. The normalized spacial score (nSPS) is 10.4. The zero-order valence-electron chi connectivity index (χ0n) is 9.46. The van der Waals surface area contributed by atoms with Gasteiger partial charge in [0, 0.05) is 23.1 Å². The van der Waals surface area contributed by atoms with Gasteiger partial charge in [-0.1, -0.05) is 24.3 Å². The van der Waals surface area contributed by atoms with Crippen LogP contribution in [0, 0.1) is 5.82 Å². The van der Waals surface area contributed by atoms with E-state index in [1.54, 1.807) is 6.20 Å². The van der Waals surface area contributed by atoms with Crippen LogP contribution in [-0.2, 0) is 12.4 Å². The molecule has 1 aromatic carbocycles. The van der Waals surface area contributed by atoms with E-state index in [-0.39, 0.29) is 11.6 Å². The standard InChI is InChI=1S/C13H11BrClFN2/c14-11-5-12(16)13(18-8-11)17-7-10-3-1-9(6-15)2-4-10/h1-5,8H,6-7H2,(H,17,18). The van der Waals surface area contributed by atoms with Crippen molar-refractivity contribution in [3.63, 3.8) is 0 Å². The van der Waals surface area contributed by atoms with Crippen molar-refractivity contribution in [1.29, 1.82) is 0 Å². The van der Waals surface area contributed by atoms with E-state index in [0.29, 0.717) is 16.9 Å². The summed E-state index contributed by atoms with van der Waals surface area (Å²) >= 11 is 8.87. The van der Waals surface area contributed by atoms with Gasteiger partial charge in [0.2, 0.25) is 0 Å². The van der Waals surface area contributed by atoms with E-state index in [2.05, 4.69) is 26.2 Å². The van der Waals surface area contributed by atoms with E-state index in [0.717, 1.165) is 11.1 Å². The Morgan fingerprint density at radius 1 is 1.22 bits per heavy atom. The maximum atomic E-state index is 13.5. The van der Waals surface area contributed by atoms with Gasteiger partial charge in [-0.05, 0) is 33.1 Å². The predicted octanol–water partition coefficient (Wildman–Crippen LogP) is 4.33. The summed E-state index contributed by atoms with van der Waals surface area (Å²) in [4.78, 5) is 3.97. The van der Waals surface area contributed by atoms with Crippen LogP contribution in [0.2, 0.25) is 0 Å². The van der Waals surface area contributed by atoms with Gasteiger partial charge in [-0.2, -0.15) is 0 Å². The van der Waals surface area contributed by atoms with Gasteiger partial charge < -0.3 is 5.32 Å². The van der Waals surface area contributed by atoms with Crippen LogP contribution in [0.4, 0.5) is 10.2 Å². The first-order chi connectivity index (χ1) is 8.69. The van der Waals surface area contributed by atoms with E-state index in [9.17, 15) is 4.39 Å². The number of nitrogens with zero attached hydrogens (tertiary/aromatic N) is 1. The molecule has 0 aliphatic carbocycles. The highest BCUT2D eigenvalue weighted by Gasteiger charge is 2.03. The van der Waals surface area contributed by atoms with Crippen molar-refractivity contribution in [3.8, 4) is 0 Å². The largest absolute Gasteiger partial charge is 0.364 e. The number of pyridine rings is 1. The number of anilines is 1. The number of rotatable bonds is 4. The van der Waals surface area contributed by atoms with Gasteiger partial charge in [0.05, 0.1) is 0 Å². The first-order valence-electron chi connectivity index (χ1n) is 5.38. The topological polar surface area (TPSA) is 24.9 Å². The third-order valence-electron chi connectivity index (χ3n) is 2.45. The first kappa shape index (κ1) is 13.3. The fraction of sp³-hybridized carbons (Fsp3) is 0.154. The molecule has 0 aliphatic heterocycles. The van der Waals surface area contributed by atoms with Gasteiger partial charge in [-0.25, -0.2) is 9.37 Å². The maximum Gasteiger partial charge on any atom is 0.166 e. The average molecular weight is 330 g/mol. The second kappa shape index (κ2) is 6.16. The van der Waals surface area contributed by atoms with Crippen molar-refractivity contribution in [2.24, 2.45) is 0 Å². The highest BCUT2D eigenvalue weighted by molar-refractivity contribution is 9.10. The van der Waals surface area contributed by atoms with E-state index in [4.69, 9.17) is 11.6 Å². The fourth-order valence-corrected chi connectivity index (χ4v) is 1.96. The minimum absolute atomic E-state index is 0.250. The number of halogens is 3. The van der Waals surface area contributed by atoms with Crippen LogP contribution in [0.15, 0.2) is 41.0 Å². The lowest BCUT2D eigenvalue weighted by atomic mass is 10.1. The average Bonchev–Trinajstić information content (AvgIpc) is 2.38. The molecule has 18 heavy (non-hydrogen) atoms. The molecule has 0 spiro atoms. The Morgan fingerprint density at radius 3 is 2.50 bits per heavy atom. The molecule has 0 amide bonds. The molecule has 1 N–H and O–H groups in total. The highest BCUT2D eigenvalue weighted by atomic mass is 79.9. The van der Waals surface area contributed by atoms with Crippen molar-refractivity contribution in [3.05, 3.63) is 57.9 Å². The number of benzene rings is 1. The number of hydrogen-bond acceptors (Lipinski definition) is 2. The van der Waals surface area contributed by atoms with E-state index >= 15 is 0 Å². The molecule has 1 heterocycles. The third kappa shape index (κ3) is 3.43. The second-order valence-corrected chi connectivity index (χ2v) is 4.97. The summed E-state index contributed by atoms with van der Waals surface area (Å²) in [6, 6.07) is 9.21. The summed E-state index contributed by atoms with van der Waals surface area (Å²) in [6.45, 7) is 0.522. The van der Waals surface area contributed by atoms with Crippen molar-refractivity contribution in [2.75, 3.05) is 5.32 Å². The molecule has 0 aliphatic rings. The molecule has 0 unspecified atom stereocenters. The summed E-state index contributed by atoms with van der Waals surface area (Å²) in [6.07, 6.45) is 1.56. The van der Waals surface area contributed by atoms with Gasteiger partial charge in [-0.3, -0.25) is 0 Å². The second-order valence-electron chi connectivity index (χ2n) is 3.79. The molecule has 94 valence electrons. The van der Waals surface area contributed by atoms with Gasteiger partial charge in [0.1, 0.15) is 0 Å². The number of hydrogen-bond donors (Lipinski definition) is 1. The number of alkyl halides is 1. The SMILES string of the molecule is Fc1cc(Br)cnc1NCc1ccc(CCl)cc1. The monoisotopic (exact) mass is 328 g/mol. The van der Waals surface area contributed by atoms with E-state index < -0.39 is 0 Å². The minimum atomic E-state index is -0.373. The Balaban J connectivity index is 2.02. The summed E-state index contributed by atoms with van der Waals surface area (Å²) < 4.78 is 14.1. The molecule has 2 nitrogen and oxygen atoms in total. The molecule has 0 radical (unpaired) electrons. The first-order valence-corrected chi connectivity index (χ1v) is 6.70. The van der Waals surface area contributed by atoms with E-state index in [1.807, 2.05) is 24.3 Å². The highest BCUT2D eigenvalue weighted by Crippen LogP contribution is 2.17. The summed E-state index contributed by atoms with van der Waals surface area (Å²) in [7, 11) is 0. The van der Waals surface area contributed by atoms with Crippen molar-refractivity contribution >= 4 is 33.3 Å². The third-order valence-corrected chi connectivity index (χ3v) is 3.19. The number of nitrogens with one attached hydrogen (secondary N) is 1. The Labute approximate surface area is 118 Å². The fourth-order valence-electron chi connectivity index (χ4n) is 1.48. The van der Waals surface area contributed by atoms with Gasteiger partial charge >= 0.3 is 0 Å². The van der Waals surface area contributed by atoms with Crippen LogP contribution in [-0.4, -0.2) is 4.98 Å². The predicted molar refractivity (Wildman–Crippen MR) is 75.2 cm³/mol. The molecule has 0 saturated heterocycles. The lowest BCUT2D eigenvalue weighted by Gasteiger charge is -2.07. The number of aromatic nitrogens is 1. The molecular formula is C13H11BrClFN2. The quantitative estimate of drug-likeness (QED) is 0.844. The zero-order valence-corrected chi connectivity index (χ0v) is 11.8. The Morgan fingerprint density at radius 2 is 1.89 bits per heavy atom. The smallest absolute Gasteiger partial charge is 0.166 e. The lowest BCUT2D eigenvalue weighted by Crippen LogP contribution is -2.03. The zero-order chi connectivity index (χ0) is 13.0.